The summed E-state index contributed by atoms with van der Waals surface area (Å²) >= 11 is 6.05. The van der Waals surface area contributed by atoms with Crippen LogP contribution in [-0.2, 0) is 6.42 Å². The average Bonchev–Trinajstić information content (AvgIpc) is 2.55. The third kappa shape index (κ3) is 3.11. The van der Waals surface area contributed by atoms with Gasteiger partial charge < -0.3 is 0 Å². The van der Waals surface area contributed by atoms with Crippen molar-refractivity contribution in [3.05, 3.63) is 71.6 Å². The first kappa shape index (κ1) is 13.8. The lowest BCUT2D eigenvalue weighted by atomic mass is 10.0. The van der Waals surface area contributed by atoms with Crippen LogP contribution in [0.2, 0.25) is 5.15 Å². The van der Waals surface area contributed by atoms with Crippen LogP contribution in [-0.4, -0.2) is 9.97 Å². The fourth-order valence-corrected chi connectivity index (χ4v) is 2.44. The molecule has 0 aliphatic rings. The molecule has 0 saturated carbocycles. The Hall–Kier alpha value is -2.19. The van der Waals surface area contributed by atoms with Crippen molar-refractivity contribution in [2.45, 2.75) is 13.3 Å². The standard InChI is InChI=1S/C18H15ClN2/c1-2-18-20-16(12-17(19)21-18)15-10-8-14(9-11-15)13-6-4-3-5-7-13/h3-12H,2H2,1H3. The topological polar surface area (TPSA) is 25.8 Å². The molecule has 1 aromatic heterocycles. The molecule has 104 valence electrons. The van der Waals surface area contributed by atoms with Crippen molar-refractivity contribution in [1.82, 2.24) is 9.97 Å². The van der Waals surface area contributed by atoms with E-state index in [0.29, 0.717) is 5.15 Å². The van der Waals surface area contributed by atoms with Gasteiger partial charge in [-0.25, -0.2) is 9.97 Å². The Morgan fingerprint density at radius 2 is 1.43 bits per heavy atom. The zero-order valence-electron chi connectivity index (χ0n) is 11.8. The van der Waals surface area contributed by atoms with Gasteiger partial charge in [0.2, 0.25) is 0 Å². The molecule has 2 nitrogen and oxygen atoms in total. The van der Waals surface area contributed by atoms with E-state index in [4.69, 9.17) is 11.6 Å². The van der Waals surface area contributed by atoms with Gasteiger partial charge in [-0.15, -0.1) is 0 Å². The van der Waals surface area contributed by atoms with Crippen LogP contribution >= 0.6 is 11.6 Å². The maximum Gasteiger partial charge on any atom is 0.133 e. The number of aromatic nitrogens is 2. The molecule has 3 rings (SSSR count). The predicted molar refractivity (Wildman–Crippen MR) is 87.3 cm³/mol. The summed E-state index contributed by atoms with van der Waals surface area (Å²) in [6.07, 6.45) is 0.773. The number of hydrogen-bond acceptors (Lipinski definition) is 2. The minimum atomic E-state index is 0.490. The van der Waals surface area contributed by atoms with E-state index in [1.165, 1.54) is 11.1 Å². The van der Waals surface area contributed by atoms with E-state index in [1.54, 1.807) is 6.07 Å². The number of halogens is 1. The molecule has 0 fully saturated rings. The fourth-order valence-electron chi connectivity index (χ4n) is 2.23. The van der Waals surface area contributed by atoms with Crippen LogP contribution in [0.25, 0.3) is 22.4 Å². The van der Waals surface area contributed by atoms with Gasteiger partial charge >= 0.3 is 0 Å². The molecule has 2 aromatic carbocycles. The van der Waals surface area contributed by atoms with E-state index < -0.39 is 0 Å². The number of hydrogen-bond donors (Lipinski definition) is 0. The van der Waals surface area contributed by atoms with Crippen LogP contribution in [0.5, 0.6) is 0 Å². The first-order valence-corrected chi connectivity index (χ1v) is 7.33. The second-order valence-electron chi connectivity index (χ2n) is 4.79. The molecular weight excluding hydrogens is 280 g/mol. The Bertz CT molecular complexity index is 737. The summed E-state index contributed by atoms with van der Waals surface area (Å²) in [6.45, 7) is 2.02. The molecule has 0 spiro atoms. The van der Waals surface area contributed by atoms with Crippen molar-refractivity contribution in [3.63, 3.8) is 0 Å². The second-order valence-corrected chi connectivity index (χ2v) is 5.18. The molecule has 0 bridgehead atoms. The minimum Gasteiger partial charge on any atom is -0.233 e. The molecule has 1 heterocycles. The Morgan fingerprint density at radius 3 is 2.10 bits per heavy atom. The molecule has 0 amide bonds. The highest BCUT2D eigenvalue weighted by Gasteiger charge is 2.05. The number of rotatable bonds is 3. The van der Waals surface area contributed by atoms with Crippen LogP contribution in [0.3, 0.4) is 0 Å². The lowest BCUT2D eigenvalue weighted by molar-refractivity contribution is 0.943. The fraction of sp³-hybridized carbons (Fsp3) is 0.111. The second kappa shape index (κ2) is 6.06. The molecule has 3 heteroatoms. The molecule has 0 atom stereocenters. The van der Waals surface area contributed by atoms with Crippen LogP contribution in [0, 0.1) is 0 Å². The van der Waals surface area contributed by atoms with Crippen molar-refractivity contribution in [2.75, 3.05) is 0 Å². The lowest BCUT2D eigenvalue weighted by Gasteiger charge is -2.06. The maximum atomic E-state index is 6.05. The normalized spacial score (nSPS) is 10.6. The summed E-state index contributed by atoms with van der Waals surface area (Å²) in [7, 11) is 0. The molecule has 0 unspecified atom stereocenters. The molecule has 0 aliphatic heterocycles. The van der Waals surface area contributed by atoms with Gasteiger partial charge in [-0.3, -0.25) is 0 Å². The van der Waals surface area contributed by atoms with Crippen molar-refractivity contribution >= 4 is 11.6 Å². The lowest BCUT2D eigenvalue weighted by Crippen LogP contribution is -1.95. The predicted octanol–water partition coefficient (Wildman–Crippen LogP) is 5.03. The van der Waals surface area contributed by atoms with E-state index in [9.17, 15) is 0 Å². The molecule has 0 saturated heterocycles. The van der Waals surface area contributed by atoms with Gasteiger partial charge in [0, 0.05) is 18.1 Å². The quantitative estimate of drug-likeness (QED) is 0.633. The third-order valence-electron chi connectivity index (χ3n) is 3.35. The highest BCUT2D eigenvalue weighted by Crippen LogP contribution is 2.25. The van der Waals surface area contributed by atoms with Gasteiger partial charge in [-0.05, 0) is 11.1 Å². The smallest absolute Gasteiger partial charge is 0.133 e. The SMILES string of the molecule is CCc1nc(Cl)cc(-c2ccc(-c3ccccc3)cc2)n1. The van der Waals surface area contributed by atoms with E-state index >= 15 is 0 Å². The van der Waals surface area contributed by atoms with E-state index in [-0.39, 0.29) is 0 Å². The molecular formula is C18H15ClN2. The van der Waals surface area contributed by atoms with E-state index in [1.807, 2.05) is 25.1 Å². The van der Waals surface area contributed by atoms with Crippen molar-refractivity contribution < 1.29 is 0 Å². The van der Waals surface area contributed by atoms with Crippen LogP contribution in [0.1, 0.15) is 12.7 Å². The minimum absolute atomic E-state index is 0.490. The third-order valence-corrected chi connectivity index (χ3v) is 3.54. The number of aryl methyl sites for hydroxylation is 1. The highest BCUT2D eigenvalue weighted by atomic mass is 35.5. The zero-order chi connectivity index (χ0) is 14.7. The number of nitrogens with zero attached hydrogens (tertiary/aromatic N) is 2. The van der Waals surface area contributed by atoms with Crippen molar-refractivity contribution in [1.29, 1.82) is 0 Å². The van der Waals surface area contributed by atoms with Gasteiger partial charge in [-0.1, -0.05) is 73.1 Å². The Morgan fingerprint density at radius 1 is 0.810 bits per heavy atom. The first-order valence-electron chi connectivity index (χ1n) is 6.95. The number of benzene rings is 2. The summed E-state index contributed by atoms with van der Waals surface area (Å²) < 4.78 is 0. The van der Waals surface area contributed by atoms with Gasteiger partial charge in [0.15, 0.2) is 0 Å². The molecule has 0 N–H and O–H groups in total. The molecule has 21 heavy (non-hydrogen) atoms. The van der Waals surface area contributed by atoms with Gasteiger partial charge in [0.05, 0.1) is 5.69 Å². The maximum absolute atomic E-state index is 6.05. The largest absolute Gasteiger partial charge is 0.233 e. The van der Waals surface area contributed by atoms with Crippen LogP contribution in [0.4, 0.5) is 0 Å². The van der Waals surface area contributed by atoms with Crippen molar-refractivity contribution in [3.8, 4) is 22.4 Å². The summed E-state index contributed by atoms with van der Waals surface area (Å²) in [5.74, 6) is 0.768. The Balaban J connectivity index is 1.96. The summed E-state index contributed by atoms with van der Waals surface area (Å²) in [5.41, 5.74) is 4.31. The van der Waals surface area contributed by atoms with Gasteiger partial charge in [-0.2, -0.15) is 0 Å². The first-order chi connectivity index (χ1) is 10.3. The van der Waals surface area contributed by atoms with Crippen LogP contribution in [0.15, 0.2) is 60.7 Å². The highest BCUT2D eigenvalue weighted by molar-refractivity contribution is 6.29. The van der Waals surface area contributed by atoms with E-state index in [2.05, 4.69) is 46.4 Å². The summed E-state index contributed by atoms with van der Waals surface area (Å²) in [4.78, 5) is 8.73. The van der Waals surface area contributed by atoms with Gasteiger partial charge in [0.1, 0.15) is 11.0 Å². The summed E-state index contributed by atoms with van der Waals surface area (Å²) in [6, 6.07) is 20.5. The summed E-state index contributed by atoms with van der Waals surface area (Å²) in [5, 5.41) is 0.490. The Kier molecular flexibility index (Phi) is 3.98. The monoisotopic (exact) mass is 294 g/mol. The average molecular weight is 295 g/mol. The molecule has 0 radical (unpaired) electrons. The Labute approximate surface area is 129 Å². The zero-order valence-corrected chi connectivity index (χ0v) is 12.5. The van der Waals surface area contributed by atoms with Gasteiger partial charge in [0.25, 0.3) is 0 Å². The van der Waals surface area contributed by atoms with E-state index in [0.717, 1.165) is 23.5 Å². The van der Waals surface area contributed by atoms with Crippen molar-refractivity contribution in [2.24, 2.45) is 0 Å². The molecule has 0 aliphatic carbocycles. The van der Waals surface area contributed by atoms with Crippen LogP contribution < -0.4 is 0 Å². The molecule has 3 aromatic rings.